The van der Waals surface area contributed by atoms with Gasteiger partial charge in [-0.3, -0.25) is 10.1 Å². The normalized spacial score (nSPS) is 12.5. The number of rotatable bonds is 3. The van der Waals surface area contributed by atoms with Gasteiger partial charge in [0.25, 0.3) is 5.91 Å². The number of halogens is 1. The first kappa shape index (κ1) is 17.4. The molecule has 0 unspecified atom stereocenters. The molecule has 4 aromatic rings. The fourth-order valence-corrected chi connectivity index (χ4v) is 4.89. The number of anilines is 1. The minimum atomic E-state index is -0.119. The fourth-order valence-electron chi connectivity index (χ4n) is 3.93. The van der Waals surface area contributed by atoms with E-state index in [9.17, 15) is 4.79 Å². The summed E-state index contributed by atoms with van der Waals surface area (Å²) < 4.78 is 0. The lowest BCUT2D eigenvalue weighted by atomic mass is 9.99. The summed E-state index contributed by atoms with van der Waals surface area (Å²) in [5, 5.41) is 6.56. The first-order chi connectivity index (χ1) is 13.6. The van der Waals surface area contributed by atoms with Crippen LogP contribution in [0.15, 0.2) is 54.6 Å². The average Bonchev–Trinajstić information content (AvgIpc) is 3.27. The Morgan fingerprint density at radius 3 is 2.57 bits per heavy atom. The van der Waals surface area contributed by atoms with Gasteiger partial charge >= 0.3 is 0 Å². The zero-order chi connectivity index (χ0) is 19.3. The van der Waals surface area contributed by atoms with Crippen molar-refractivity contribution in [1.82, 2.24) is 4.98 Å². The van der Waals surface area contributed by atoms with Crippen LogP contribution in [0.25, 0.3) is 22.0 Å². The molecule has 0 radical (unpaired) electrons. The number of hydrogen-bond donors (Lipinski definition) is 1. The van der Waals surface area contributed by atoms with Gasteiger partial charge < -0.3 is 0 Å². The summed E-state index contributed by atoms with van der Waals surface area (Å²) in [5.41, 5.74) is 5.22. The number of thiazole rings is 1. The lowest BCUT2D eigenvalue weighted by Gasteiger charge is -2.08. The Kier molecular flexibility index (Phi) is 4.18. The number of carbonyl (C=O) groups excluding carboxylic acids is 1. The van der Waals surface area contributed by atoms with Crippen molar-refractivity contribution >= 4 is 44.7 Å². The Hall–Kier alpha value is -2.69. The Morgan fingerprint density at radius 1 is 1.04 bits per heavy atom. The van der Waals surface area contributed by atoms with Crippen LogP contribution in [0.4, 0.5) is 5.13 Å². The van der Waals surface area contributed by atoms with Crippen LogP contribution in [0.2, 0.25) is 5.02 Å². The molecule has 1 N–H and O–H groups in total. The highest BCUT2D eigenvalue weighted by molar-refractivity contribution is 7.16. The van der Waals surface area contributed by atoms with E-state index in [-0.39, 0.29) is 5.91 Å². The summed E-state index contributed by atoms with van der Waals surface area (Å²) in [4.78, 5) is 18.7. The third-order valence-corrected chi connectivity index (χ3v) is 6.39. The summed E-state index contributed by atoms with van der Waals surface area (Å²) in [5.74, 6) is -0.119. The Balaban J connectivity index is 1.48. The van der Waals surface area contributed by atoms with Gasteiger partial charge in [-0.25, -0.2) is 4.98 Å². The number of aryl methyl sites for hydroxylation is 3. The van der Waals surface area contributed by atoms with Crippen molar-refractivity contribution in [2.75, 3.05) is 5.32 Å². The average molecular weight is 405 g/mol. The molecule has 1 aromatic heterocycles. The standard InChI is InChI=1S/C23H17ClN2OS/c1-13-21(16-7-10-17(24)11-8-16)25-23(28-13)26-22(27)19-12-9-15-6-5-14-3-2-4-18(19)20(14)15/h2-4,7-12H,5-6H2,1H3,(H,25,26,27). The maximum Gasteiger partial charge on any atom is 0.258 e. The molecule has 1 aliphatic carbocycles. The third-order valence-electron chi connectivity index (χ3n) is 5.26. The summed E-state index contributed by atoms with van der Waals surface area (Å²) in [6, 6.07) is 17.8. The van der Waals surface area contributed by atoms with Gasteiger partial charge in [0.05, 0.1) is 5.69 Å². The molecule has 0 atom stereocenters. The molecule has 5 rings (SSSR count). The predicted molar refractivity (Wildman–Crippen MR) is 117 cm³/mol. The topological polar surface area (TPSA) is 42.0 Å². The van der Waals surface area contributed by atoms with Crippen molar-refractivity contribution in [2.45, 2.75) is 19.8 Å². The molecular formula is C23H17ClN2OS. The van der Waals surface area contributed by atoms with Gasteiger partial charge in [-0.15, -0.1) is 11.3 Å². The van der Waals surface area contributed by atoms with Crippen LogP contribution in [0.1, 0.15) is 26.4 Å². The molecule has 138 valence electrons. The summed E-state index contributed by atoms with van der Waals surface area (Å²) in [6.45, 7) is 2.01. The molecule has 0 saturated carbocycles. The van der Waals surface area contributed by atoms with Crippen molar-refractivity contribution in [3.05, 3.63) is 81.2 Å². The zero-order valence-electron chi connectivity index (χ0n) is 15.3. The number of nitrogens with one attached hydrogen (secondary N) is 1. The summed E-state index contributed by atoms with van der Waals surface area (Å²) in [6.07, 6.45) is 2.10. The number of carbonyl (C=O) groups is 1. The molecular weight excluding hydrogens is 388 g/mol. The van der Waals surface area contributed by atoms with E-state index >= 15 is 0 Å². The highest BCUT2D eigenvalue weighted by Crippen LogP contribution is 2.34. The van der Waals surface area contributed by atoms with Crippen LogP contribution in [-0.2, 0) is 12.8 Å². The van der Waals surface area contributed by atoms with E-state index in [1.165, 1.54) is 27.8 Å². The molecule has 1 aliphatic rings. The smallest absolute Gasteiger partial charge is 0.258 e. The number of amides is 1. The van der Waals surface area contributed by atoms with Crippen LogP contribution in [0.5, 0.6) is 0 Å². The van der Waals surface area contributed by atoms with Crippen molar-refractivity contribution < 1.29 is 4.79 Å². The highest BCUT2D eigenvalue weighted by Gasteiger charge is 2.20. The first-order valence-electron chi connectivity index (χ1n) is 9.18. The monoisotopic (exact) mass is 404 g/mol. The third kappa shape index (κ3) is 2.89. The highest BCUT2D eigenvalue weighted by atomic mass is 35.5. The van der Waals surface area contributed by atoms with Crippen LogP contribution in [0.3, 0.4) is 0 Å². The van der Waals surface area contributed by atoms with Crippen molar-refractivity contribution in [3.63, 3.8) is 0 Å². The summed E-state index contributed by atoms with van der Waals surface area (Å²) in [7, 11) is 0. The quantitative estimate of drug-likeness (QED) is 0.436. The molecule has 3 nitrogen and oxygen atoms in total. The molecule has 0 fully saturated rings. The van der Waals surface area contributed by atoms with Crippen LogP contribution in [0, 0.1) is 6.92 Å². The van der Waals surface area contributed by atoms with Crippen LogP contribution >= 0.6 is 22.9 Å². The second-order valence-corrected chi connectivity index (χ2v) is 8.64. The largest absolute Gasteiger partial charge is 0.298 e. The number of benzene rings is 3. The Bertz CT molecular complexity index is 1220. The Labute approximate surface area is 172 Å². The number of nitrogens with zero attached hydrogens (tertiary/aromatic N) is 1. The molecule has 28 heavy (non-hydrogen) atoms. The van der Waals surface area contributed by atoms with Crippen molar-refractivity contribution in [2.24, 2.45) is 0 Å². The van der Waals surface area contributed by atoms with E-state index in [1.54, 1.807) is 0 Å². The maximum atomic E-state index is 13.0. The summed E-state index contributed by atoms with van der Waals surface area (Å²) >= 11 is 7.46. The van der Waals surface area contributed by atoms with E-state index in [0.717, 1.165) is 34.4 Å². The van der Waals surface area contributed by atoms with Gasteiger partial charge in [0, 0.05) is 21.0 Å². The first-order valence-corrected chi connectivity index (χ1v) is 10.4. The second kappa shape index (κ2) is 6.73. The van der Waals surface area contributed by atoms with E-state index < -0.39 is 0 Å². The SMILES string of the molecule is Cc1sc(NC(=O)c2ccc3c4c(cccc24)CC3)nc1-c1ccc(Cl)cc1. The minimum absolute atomic E-state index is 0.119. The van der Waals surface area contributed by atoms with Gasteiger partial charge in [0.15, 0.2) is 5.13 Å². The van der Waals surface area contributed by atoms with E-state index in [1.807, 2.05) is 49.4 Å². The minimum Gasteiger partial charge on any atom is -0.298 e. The zero-order valence-corrected chi connectivity index (χ0v) is 16.8. The molecule has 0 aliphatic heterocycles. The molecule has 5 heteroatoms. The maximum absolute atomic E-state index is 13.0. The Morgan fingerprint density at radius 2 is 1.79 bits per heavy atom. The van der Waals surface area contributed by atoms with Crippen molar-refractivity contribution in [3.8, 4) is 11.3 Å². The van der Waals surface area contributed by atoms with E-state index in [4.69, 9.17) is 11.6 Å². The number of hydrogen-bond acceptors (Lipinski definition) is 3. The van der Waals surface area contributed by atoms with Crippen molar-refractivity contribution in [1.29, 1.82) is 0 Å². The van der Waals surface area contributed by atoms with Gasteiger partial charge in [-0.05, 0) is 59.9 Å². The molecule has 0 bridgehead atoms. The molecule has 1 amide bonds. The van der Waals surface area contributed by atoms with E-state index in [2.05, 4.69) is 22.4 Å². The second-order valence-electron chi connectivity index (χ2n) is 7.00. The van der Waals surface area contributed by atoms with Gasteiger partial charge in [0.1, 0.15) is 0 Å². The molecule has 0 saturated heterocycles. The lowest BCUT2D eigenvalue weighted by Crippen LogP contribution is -2.12. The molecule has 3 aromatic carbocycles. The fraction of sp³-hybridized carbons (Fsp3) is 0.130. The lowest BCUT2D eigenvalue weighted by molar-refractivity contribution is 0.102. The van der Waals surface area contributed by atoms with Gasteiger partial charge in [0.2, 0.25) is 0 Å². The van der Waals surface area contributed by atoms with Gasteiger partial charge in [-0.2, -0.15) is 0 Å². The van der Waals surface area contributed by atoms with Crippen LogP contribution in [-0.4, -0.2) is 10.9 Å². The molecule has 0 spiro atoms. The van der Waals surface area contributed by atoms with Gasteiger partial charge in [-0.1, -0.05) is 48.0 Å². The predicted octanol–water partition coefficient (Wildman–Crippen LogP) is 6.28. The van der Waals surface area contributed by atoms with E-state index in [0.29, 0.717) is 15.7 Å². The molecule has 1 heterocycles. The van der Waals surface area contributed by atoms with Crippen LogP contribution < -0.4 is 5.32 Å². The number of aromatic nitrogens is 1.